The third kappa shape index (κ3) is 2.81. The highest BCUT2D eigenvalue weighted by molar-refractivity contribution is 6.10. The second-order valence-corrected chi connectivity index (χ2v) is 8.14. The van der Waals surface area contributed by atoms with Gasteiger partial charge in [0.25, 0.3) is 0 Å². The van der Waals surface area contributed by atoms with Crippen LogP contribution < -0.4 is 0 Å². The Morgan fingerprint density at radius 2 is 1.70 bits per heavy atom. The number of nitriles is 2. The van der Waals surface area contributed by atoms with E-state index in [-0.39, 0.29) is 11.2 Å². The summed E-state index contributed by atoms with van der Waals surface area (Å²) in [5.74, 6) is -0.142. The van der Waals surface area contributed by atoms with Gasteiger partial charge in [-0.05, 0) is 77.8 Å². The van der Waals surface area contributed by atoms with E-state index in [9.17, 15) is 14.9 Å². The molecule has 0 amide bonds. The maximum Gasteiger partial charge on any atom is 0.205 e. The zero-order valence-electron chi connectivity index (χ0n) is 16.3. The van der Waals surface area contributed by atoms with E-state index in [1.54, 1.807) is 12.1 Å². The Morgan fingerprint density at radius 1 is 0.900 bits per heavy atom. The van der Waals surface area contributed by atoms with E-state index >= 15 is 0 Å². The Hall–Kier alpha value is -3.76. The molecule has 0 bridgehead atoms. The Labute approximate surface area is 174 Å². The topological polar surface area (TPSA) is 59.9 Å². The van der Waals surface area contributed by atoms with Crippen molar-refractivity contribution in [2.24, 2.45) is 10.4 Å². The van der Waals surface area contributed by atoms with Gasteiger partial charge in [0.05, 0.1) is 17.3 Å². The van der Waals surface area contributed by atoms with E-state index in [4.69, 9.17) is 0 Å². The minimum atomic E-state index is -0.272. The van der Waals surface area contributed by atoms with Crippen molar-refractivity contribution in [1.29, 1.82) is 10.5 Å². The second kappa shape index (κ2) is 6.94. The Bertz CT molecular complexity index is 1290. The molecule has 3 aromatic rings. The van der Waals surface area contributed by atoms with Crippen LogP contribution in [0.1, 0.15) is 34.2 Å². The minimum Gasteiger partial charge on any atom is -0.207 e. The van der Waals surface area contributed by atoms with Gasteiger partial charge in [-0.1, -0.05) is 36.4 Å². The van der Waals surface area contributed by atoms with Crippen molar-refractivity contribution in [3.05, 3.63) is 94.3 Å². The first-order valence-electron chi connectivity index (χ1n) is 10.0. The molecule has 0 saturated heterocycles. The standard InChI is InChI=1S/C26H18FN3/c27-24-6-2-5-20-13-26(10-9-22(20)24)14-21-8-7-19(12-23(21)25(26)30-16-29)18-4-1-3-17(11-18)15-28/h1-8,11-12H,9-10,13-14H2. The van der Waals surface area contributed by atoms with Crippen LogP contribution in [0.2, 0.25) is 0 Å². The molecule has 2 aliphatic rings. The molecule has 0 radical (unpaired) electrons. The lowest BCUT2D eigenvalue weighted by Gasteiger charge is -2.35. The number of aliphatic imine (C=N–C) groups is 1. The zero-order chi connectivity index (χ0) is 20.7. The maximum atomic E-state index is 14.3. The molecule has 0 fully saturated rings. The van der Waals surface area contributed by atoms with Crippen molar-refractivity contribution in [3.8, 4) is 23.4 Å². The van der Waals surface area contributed by atoms with Crippen LogP contribution in [0.15, 0.2) is 65.7 Å². The van der Waals surface area contributed by atoms with Crippen LogP contribution >= 0.6 is 0 Å². The van der Waals surface area contributed by atoms with E-state index in [0.29, 0.717) is 18.4 Å². The molecule has 3 nitrogen and oxygen atoms in total. The van der Waals surface area contributed by atoms with Crippen molar-refractivity contribution >= 4 is 5.71 Å². The molecule has 1 atom stereocenters. The van der Waals surface area contributed by atoms with E-state index in [0.717, 1.165) is 46.4 Å². The first-order chi connectivity index (χ1) is 14.6. The van der Waals surface area contributed by atoms with Crippen molar-refractivity contribution in [2.45, 2.75) is 25.7 Å². The number of benzene rings is 3. The first kappa shape index (κ1) is 18.3. The molecule has 0 aliphatic heterocycles. The molecule has 1 unspecified atom stereocenters. The highest BCUT2D eigenvalue weighted by Crippen LogP contribution is 2.47. The summed E-state index contributed by atoms with van der Waals surface area (Å²) in [5.41, 5.74) is 7.09. The quantitative estimate of drug-likeness (QED) is 0.524. The van der Waals surface area contributed by atoms with Crippen LogP contribution in [-0.2, 0) is 19.3 Å². The number of hydrogen-bond donors (Lipinski definition) is 0. The maximum absolute atomic E-state index is 14.3. The predicted octanol–water partition coefficient (Wildman–Crippen LogP) is 5.37. The molecule has 0 aromatic heterocycles. The molecular weight excluding hydrogens is 373 g/mol. The average molecular weight is 391 g/mol. The fraction of sp³-hybridized carbons (Fsp3) is 0.192. The van der Waals surface area contributed by atoms with Gasteiger partial charge in [-0.25, -0.2) is 4.39 Å². The summed E-state index contributed by atoms with van der Waals surface area (Å²) >= 11 is 0. The van der Waals surface area contributed by atoms with Crippen LogP contribution in [0.3, 0.4) is 0 Å². The van der Waals surface area contributed by atoms with Gasteiger partial charge >= 0.3 is 0 Å². The molecule has 0 heterocycles. The highest BCUT2D eigenvalue weighted by Gasteiger charge is 2.45. The third-order valence-electron chi connectivity index (χ3n) is 6.48. The Balaban J connectivity index is 1.59. The fourth-order valence-electron chi connectivity index (χ4n) is 5.08. The van der Waals surface area contributed by atoms with E-state index in [2.05, 4.69) is 29.3 Å². The summed E-state index contributed by atoms with van der Waals surface area (Å²) in [4.78, 5) is 4.28. The van der Waals surface area contributed by atoms with Crippen LogP contribution in [-0.4, -0.2) is 5.71 Å². The largest absolute Gasteiger partial charge is 0.207 e. The summed E-state index contributed by atoms with van der Waals surface area (Å²) in [7, 11) is 0. The molecular formula is C26H18FN3. The molecule has 0 saturated carbocycles. The normalized spacial score (nSPS) is 20.4. The van der Waals surface area contributed by atoms with Crippen molar-refractivity contribution in [1.82, 2.24) is 0 Å². The number of halogens is 1. The van der Waals surface area contributed by atoms with Crippen molar-refractivity contribution in [2.75, 3.05) is 0 Å². The Kier molecular flexibility index (Phi) is 4.23. The SMILES string of the molecule is N#CN=C1c2cc(-c3cccc(C#N)c3)ccc2CC12CCc1c(F)cccc1C2. The smallest absolute Gasteiger partial charge is 0.205 e. The van der Waals surface area contributed by atoms with Crippen molar-refractivity contribution < 1.29 is 4.39 Å². The summed E-state index contributed by atoms with van der Waals surface area (Å²) in [6.45, 7) is 0. The third-order valence-corrected chi connectivity index (χ3v) is 6.48. The number of hydrogen-bond acceptors (Lipinski definition) is 3. The molecule has 1 spiro atoms. The van der Waals surface area contributed by atoms with Gasteiger partial charge in [-0.15, -0.1) is 0 Å². The van der Waals surface area contributed by atoms with E-state index in [1.807, 2.05) is 30.5 Å². The molecule has 2 aliphatic carbocycles. The minimum absolute atomic E-state index is 0.142. The predicted molar refractivity (Wildman–Crippen MR) is 113 cm³/mol. The molecule has 5 rings (SSSR count). The Morgan fingerprint density at radius 3 is 2.53 bits per heavy atom. The van der Waals surface area contributed by atoms with Gasteiger partial charge in [0, 0.05) is 11.0 Å². The van der Waals surface area contributed by atoms with E-state index in [1.165, 1.54) is 11.6 Å². The summed E-state index contributed by atoms with van der Waals surface area (Å²) in [6, 6.07) is 21.2. The van der Waals surface area contributed by atoms with Gasteiger partial charge in [0.15, 0.2) is 0 Å². The van der Waals surface area contributed by atoms with Gasteiger partial charge in [-0.2, -0.15) is 15.5 Å². The fourth-order valence-corrected chi connectivity index (χ4v) is 5.08. The lowest BCUT2D eigenvalue weighted by Crippen LogP contribution is -2.35. The van der Waals surface area contributed by atoms with Gasteiger partial charge in [-0.3, -0.25) is 0 Å². The van der Waals surface area contributed by atoms with Crippen LogP contribution in [0.4, 0.5) is 4.39 Å². The zero-order valence-corrected chi connectivity index (χ0v) is 16.3. The summed E-state index contributed by atoms with van der Waals surface area (Å²) < 4.78 is 14.3. The lowest BCUT2D eigenvalue weighted by molar-refractivity contribution is 0.366. The molecule has 3 aromatic carbocycles. The van der Waals surface area contributed by atoms with Gasteiger partial charge in [0.1, 0.15) is 5.82 Å². The molecule has 144 valence electrons. The van der Waals surface area contributed by atoms with E-state index < -0.39 is 0 Å². The summed E-state index contributed by atoms with van der Waals surface area (Å²) in [6.07, 6.45) is 4.92. The molecule has 0 N–H and O–H groups in total. The second-order valence-electron chi connectivity index (χ2n) is 8.14. The molecule has 4 heteroatoms. The number of nitrogens with zero attached hydrogens (tertiary/aromatic N) is 3. The number of fused-ring (bicyclic) bond motifs is 2. The number of rotatable bonds is 1. The monoisotopic (exact) mass is 391 g/mol. The first-order valence-corrected chi connectivity index (χ1v) is 10.0. The highest BCUT2D eigenvalue weighted by atomic mass is 19.1. The summed E-state index contributed by atoms with van der Waals surface area (Å²) in [5, 5.41) is 18.6. The van der Waals surface area contributed by atoms with Gasteiger partial charge in [0.2, 0.25) is 6.19 Å². The average Bonchev–Trinajstić information content (AvgIpc) is 3.06. The van der Waals surface area contributed by atoms with Crippen LogP contribution in [0.25, 0.3) is 11.1 Å². The van der Waals surface area contributed by atoms with Crippen LogP contribution in [0, 0.1) is 34.0 Å². The van der Waals surface area contributed by atoms with Crippen molar-refractivity contribution in [3.63, 3.8) is 0 Å². The van der Waals surface area contributed by atoms with Gasteiger partial charge < -0.3 is 0 Å². The van der Waals surface area contributed by atoms with Crippen LogP contribution in [0.5, 0.6) is 0 Å². The molecule has 30 heavy (non-hydrogen) atoms. The lowest BCUT2D eigenvalue weighted by atomic mass is 9.68.